The molecule has 4 nitrogen and oxygen atoms in total. The fourth-order valence-electron chi connectivity index (χ4n) is 2.65. The molecule has 0 amide bonds. The van der Waals surface area contributed by atoms with Crippen LogP contribution in [0.4, 0.5) is 0 Å². The van der Waals surface area contributed by atoms with Crippen LogP contribution in [0.5, 0.6) is 0 Å². The van der Waals surface area contributed by atoms with Crippen LogP contribution in [0.3, 0.4) is 0 Å². The van der Waals surface area contributed by atoms with Crippen LogP contribution in [-0.4, -0.2) is 14.9 Å². The highest BCUT2D eigenvalue weighted by molar-refractivity contribution is 7.25. The summed E-state index contributed by atoms with van der Waals surface area (Å²) in [6.45, 7) is 1.42. The second-order valence-electron chi connectivity index (χ2n) is 4.67. The smallest absolute Gasteiger partial charge is 0.282 e. The highest BCUT2D eigenvalue weighted by Crippen LogP contribution is 2.33. The van der Waals surface area contributed by atoms with Gasteiger partial charge in [0.1, 0.15) is 10.3 Å². The van der Waals surface area contributed by atoms with Crippen LogP contribution >= 0.6 is 11.3 Å². The van der Waals surface area contributed by atoms with E-state index in [9.17, 15) is 9.59 Å². The van der Waals surface area contributed by atoms with Crippen molar-refractivity contribution in [2.24, 2.45) is 0 Å². The van der Waals surface area contributed by atoms with Crippen LogP contribution in [0, 0.1) is 0 Å². The van der Waals surface area contributed by atoms with Gasteiger partial charge in [0.15, 0.2) is 0 Å². The molecule has 98 valence electrons. The third-order valence-electron chi connectivity index (χ3n) is 3.48. The van der Waals surface area contributed by atoms with Gasteiger partial charge in [-0.2, -0.15) is 0 Å². The Hall–Kier alpha value is -2.40. The van der Waals surface area contributed by atoms with E-state index in [-0.39, 0.29) is 11.5 Å². The molecule has 0 radical (unpaired) electrons. The first-order valence-corrected chi connectivity index (χ1v) is 7.04. The predicted octanol–water partition coefficient (Wildman–Crippen LogP) is 3.13. The number of benzene rings is 1. The minimum absolute atomic E-state index is 0.254. The fourth-order valence-corrected chi connectivity index (χ4v) is 3.88. The molecule has 0 bridgehead atoms. The van der Waals surface area contributed by atoms with Crippen LogP contribution in [0.1, 0.15) is 11.7 Å². The summed E-state index contributed by atoms with van der Waals surface area (Å²) in [6.07, 6.45) is 1.86. The molecule has 0 aliphatic carbocycles. The summed E-state index contributed by atoms with van der Waals surface area (Å²) in [4.78, 5) is 25.0. The highest BCUT2D eigenvalue weighted by atomic mass is 32.1. The van der Waals surface area contributed by atoms with E-state index in [2.05, 4.69) is 0 Å². The van der Waals surface area contributed by atoms with Crippen molar-refractivity contribution in [1.29, 1.82) is 0 Å². The molecule has 0 saturated carbocycles. The zero-order chi connectivity index (χ0) is 13.9. The lowest BCUT2D eigenvalue weighted by atomic mass is 10.2. The molecule has 0 spiro atoms. The molecule has 0 aliphatic rings. The Morgan fingerprint density at radius 2 is 1.95 bits per heavy atom. The molecule has 0 N–H and O–H groups in total. The number of thiophene rings is 1. The van der Waals surface area contributed by atoms with Crippen molar-refractivity contribution in [3.8, 4) is 0 Å². The van der Waals surface area contributed by atoms with Crippen molar-refractivity contribution < 1.29 is 4.79 Å². The maximum atomic E-state index is 12.4. The Balaban J connectivity index is 2.45. The van der Waals surface area contributed by atoms with Gasteiger partial charge in [0, 0.05) is 23.2 Å². The van der Waals surface area contributed by atoms with Gasteiger partial charge in [0.25, 0.3) is 5.56 Å². The lowest BCUT2D eigenvalue weighted by molar-refractivity contribution is 0.0938. The molecule has 4 aromatic rings. The molecule has 0 atom stereocenters. The highest BCUT2D eigenvalue weighted by Gasteiger charge is 2.17. The number of hydrogen-bond donors (Lipinski definition) is 0. The number of carbonyl (C=O) groups is 1. The van der Waals surface area contributed by atoms with E-state index in [1.807, 2.05) is 40.9 Å². The van der Waals surface area contributed by atoms with E-state index in [1.54, 1.807) is 6.07 Å². The molecule has 3 aromatic heterocycles. The molecule has 3 heterocycles. The second-order valence-corrected chi connectivity index (χ2v) is 5.71. The molecule has 0 saturated heterocycles. The Labute approximate surface area is 117 Å². The van der Waals surface area contributed by atoms with Crippen LogP contribution < -0.4 is 5.56 Å². The summed E-state index contributed by atoms with van der Waals surface area (Å²) in [6, 6.07) is 11.5. The van der Waals surface area contributed by atoms with Gasteiger partial charge in [0.05, 0.1) is 5.52 Å². The maximum Gasteiger partial charge on any atom is 0.282 e. The van der Waals surface area contributed by atoms with E-state index in [4.69, 9.17) is 0 Å². The molecule has 20 heavy (non-hydrogen) atoms. The molecule has 0 aliphatic heterocycles. The van der Waals surface area contributed by atoms with Gasteiger partial charge >= 0.3 is 0 Å². The minimum atomic E-state index is -0.262. The summed E-state index contributed by atoms with van der Waals surface area (Å²) in [5.41, 5.74) is 1.18. The molecule has 0 fully saturated rings. The Morgan fingerprint density at radius 3 is 2.75 bits per heavy atom. The van der Waals surface area contributed by atoms with Crippen LogP contribution in [0.15, 0.2) is 47.4 Å². The van der Waals surface area contributed by atoms with Gasteiger partial charge in [-0.15, -0.1) is 11.3 Å². The van der Waals surface area contributed by atoms with Crippen molar-refractivity contribution in [2.45, 2.75) is 6.92 Å². The van der Waals surface area contributed by atoms with E-state index in [0.717, 1.165) is 15.6 Å². The zero-order valence-corrected chi connectivity index (χ0v) is 11.5. The quantitative estimate of drug-likeness (QED) is 0.497. The topological polar surface area (TPSA) is 43.5 Å². The van der Waals surface area contributed by atoms with Crippen molar-refractivity contribution in [3.63, 3.8) is 0 Å². The van der Waals surface area contributed by atoms with Crippen molar-refractivity contribution in [3.05, 3.63) is 52.9 Å². The lowest BCUT2D eigenvalue weighted by Crippen LogP contribution is -2.25. The maximum absolute atomic E-state index is 12.4. The van der Waals surface area contributed by atoms with E-state index < -0.39 is 0 Å². The van der Waals surface area contributed by atoms with Gasteiger partial charge in [-0.3, -0.25) is 9.59 Å². The Kier molecular flexibility index (Phi) is 2.17. The monoisotopic (exact) mass is 282 g/mol. The summed E-state index contributed by atoms with van der Waals surface area (Å²) in [5.74, 6) is -0.254. The predicted molar refractivity (Wildman–Crippen MR) is 80.8 cm³/mol. The summed E-state index contributed by atoms with van der Waals surface area (Å²) in [7, 11) is 0. The van der Waals surface area contributed by atoms with Crippen molar-refractivity contribution in [2.75, 3.05) is 0 Å². The molecule has 1 aromatic carbocycles. The summed E-state index contributed by atoms with van der Waals surface area (Å²) < 4.78 is 4.21. The van der Waals surface area contributed by atoms with Crippen molar-refractivity contribution >= 4 is 43.2 Å². The van der Waals surface area contributed by atoms with Gasteiger partial charge in [0.2, 0.25) is 5.91 Å². The Bertz CT molecular complexity index is 1050. The molecular formula is C15H10N2O2S. The van der Waals surface area contributed by atoms with Gasteiger partial charge < -0.3 is 4.40 Å². The number of rotatable bonds is 0. The average Bonchev–Trinajstić information content (AvgIpc) is 3.01. The summed E-state index contributed by atoms with van der Waals surface area (Å²) in [5, 5.41) is 1.06. The molecule has 5 heteroatoms. The van der Waals surface area contributed by atoms with Gasteiger partial charge in [-0.25, -0.2) is 4.57 Å². The summed E-state index contributed by atoms with van der Waals surface area (Å²) >= 11 is 1.47. The largest absolute Gasteiger partial charge is 0.309 e. The first kappa shape index (κ1) is 11.4. The average molecular weight is 282 g/mol. The number of hydrogen-bond acceptors (Lipinski definition) is 3. The van der Waals surface area contributed by atoms with E-state index in [0.29, 0.717) is 10.3 Å². The molecule has 0 unspecified atom stereocenters. The van der Waals surface area contributed by atoms with Crippen LogP contribution in [-0.2, 0) is 0 Å². The third kappa shape index (κ3) is 1.30. The van der Waals surface area contributed by atoms with E-state index in [1.165, 1.54) is 22.8 Å². The number of aromatic nitrogens is 2. The second kappa shape index (κ2) is 3.80. The molecular weight excluding hydrogens is 272 g/mol. The van der Waals surface area contributed by atoms with E-state index >= 15 is 0 Å². The first-order chi connectivity index (χ1) is 9.68. The lowest BCUT2D eigenvalue weighted by Gasteiger charge is -2.05. The van der Waals surface area contributed by atoms with Crippen LogP contribution in [0.2, 0.25) is 0 Å². The number of carbonyl (C=O) groups excluding carboxylic acids is 1. The first-order valence-electron chi connectivity index (χ1n) is 6.23. The van der Waals surface area contributed by atoms with Crippen LogP contribution in [0.25, 0.3) is 25.9 Å². The van der Waals surface area contributed by atoms with Gasteiger partial charge in [-0.1, -0.05) is 18.2 Å². The molecule has 4 rings (SSSR count). The Morgan fingerprint density at radius 1 is 1.15 bits per heavy atom. The fraction of sp³-hybridized carbons (Fsp3) is 0.0667. The SMILES string of the molecule is CC(=O)n1c(=O)c2cccn2c2c3ccccc3sc21. The van der Waals surface area contributed by atoms with Gasteiger partial charge in [-0.05, 0) is 18.2 Å². The zero-order valence-electron chi connectivity index (χ0n) is 10.7. The standard InChI is InChI=1S/C15H10N2O2S/c1-9(18)17-14(19)11-6-4-8-16(11)13-10-5-2-3-7-12(10)20-15(13)17/h2-8H,1H3. The normalized spacial score (nSPS) is 11.7. The third-order valence-corrected chi connectivity index (χ3v) is 4.63. The van der Waals surface area contributed by atoms with Crippen molar-refractivity contribution in [1.82, 2.24) is 8.97 Å². The minimum Gasteiger partial charge on any atom is -0.309 e. The number of nitrogens with zero attached hydrogens (tertiary/aromatic N) is 2. The number of fused-ring (bicyclic) bond motifs is 5.